The molecule has 130 valence electrons. The Kier molecular flexibility index (Phi) is 5.03. The van der Waals surface area contributed by atoms with E-state index in [2.05, 4.69) is 34.9 Å². The first-order chi connectivity index (χ1) is 12.0. The summed E-state index contributed by atoms with van der Waals surface area (Å²) in [7, 11) is 1.71. The van der Waals surface area contributed by atoms with Gasteiger partial charge in [0.25, 0.3) is 0 Å². The van der Waals surface area contributed by atoms with E-state index in [1.165, 1.54) is 17.4 Å². The third-order valence-corrected chi connectivity index (χ3v) is 4.64. The van der Waals surface area contributed by atoms with Gasteiger partial charge in [0.15, 0.2) is 0 Å². The Morgan fingerprint density at radius 2 is 1.88 bits per heavy atom. The van der Waals surface area contributed by atoms with E-state index >= 15 is 0 Å². The highest BCUT2D eigenvalue weighted by molar-refractivity contribution is 5.93. The molecule has 0 saturated heterocycles. The molecule has 0 unspecified atom stereocenters. The smallest absolute Gasteiger partial charge is 0.319 e. The van der Waals surface area contributed by atoms with E-state index in [1.807, 2.05) is 18.2 Å². The zero-order valence-electron chi connectivity index (χ0n) is 14.5. The molecule has 1 fully saturated rings. The number of urea groups is 1. The SMILES string of the molecule is CC(=O)N(C)c1cccc(NC(=O)NC[C@@H]2C[C@@H]2c2ccccc2)c1. The maximum Gasteiger partial charge on any atom is 0.319 e. The second-order valence-electron chi connectivity index (χ2n) is 6.48. The number of nitrogens with one attached hydrogen (secondary N) is 2. The van der Waals surface area contributed by atoms with Crippen molar-refractivity contribution in [3.8, 4) is 0 Å². The van der Waals surface area contributed by atoms with Crippen LogP contribution < -0.4 is 15.5 Å². The van der Waals surface area contributed by atoms with Crippen molar-refractivity contribution in [2.24, 2.45) is 5.92 Å². The van der Waals surface area contributed by atoms with Crippen molar-refractivity contribution < 1.29 is 9.59 Å². The molecule has 0 spiro atoms. The Balaban J connectivity index is 1.49. The molecule has 1 aliphatic rings. The molecular weight excluding hydrogens is 314 g/mol. The van der Waals surface area contributed by atoms with Crippen LogP contribution in [0.1, 0.15) is 24.8 Å². The molecule has 3 rings (SSSR count). The summed E-state index contributed by atoms with van der Waals surface area (Å²) in [5.74, 6) is 1.000. The molecule has 5 heteroatoms. The molecule has 0 aliphatic heterocycles. The topological polar surface area (TPSA) is 61.4 Å². The number of hydrogen-bond donors (Lipinski definition) is 2. The molecule has 5 nitrogen and oxygen atoms in total. The summed E-state index contributed by atoms with van der Waals surface area (Å²) >= 11 is 0. The van der Waals surface area contributed by atoms with Gasteiger partial charge in [-0.2, -0.15) is 0 Å². The first kappa shape index (κ1) is 17.0. The van der Waals surface area contributed by atoms with Gasteiger partial charge in [-0.25, -0.2) is 4.79 Å². The fourth-order valence-electron chi connectivity index (χ4n) is 2.95. The fraction of sp³-hybridized carbons (Fsp3) is 0.300. The average Bonchev–Trinajstić information content (AvgIpc) is 3.40. The number of rotatable bonds is 5. The Hall–Kier alpha value is -2.82. The van der Waals surface area contributed by atoms with Gasteiger partial charge in [0.1, 0.15) is 0 Å². The molecule has 25 heavy (non-hydrogen) atoms. The van der Waals surface area contributed by atoms with Gasteiger partial charge >= 0.3 is 6.03 Å². The number of carbonyl (C=O) groups is 2. The van der Waals surface area contributed by atoms with Crippen molar-refractivity contribution in [3.63, 3.8) is 0 Å². The molecule has 2 aromatic rings. The van der Waals surface area contributed by atoms with Crippen LogP contribution in [0.15, 0.2) is 54.6 Å². The third kappa shape index (κ3) is 4.38. The van der Waals surface area contributed by atoms with Crippen LogP contribution in [0.25, 0.3) is 0 Å². The van der Waals surface area contributed by atoms with Gasteiger partial charge in [-0.15, -0.1) is 0 Å². The van der Waals surface area contributed by atoms with Crippen molar-refractivity contribution in [2.45, 2.75) is 19.3 Å². The van der Waals surface area contributed by atoms with E-state index < -0.39 is 0 Å². The summed E-state index contributed by atoms with van der Waals surface area (Å²) < 4.78 is 0. The molecule has 1 saturated carbocycles. The molecular formula is C20H23N3O2. The van der Waals surface area contributed by atoms with Crippen LogP contribution in [-0.4, -0.2) is 25.5 Å². The molecule has 2 N–H and O–H groups in total. The number of nitrogens with zero attached hydrogens (tertiary/aromatic N) is 1. The maximum atomic E-state index is 12.1. The molecule has 1 aliphatic carbocycles. The fourth-order valence-corrected chi connectivity index (χ4v) is 2.95. The highest BCUT2D eigenvalue weighted by atomic mass is 16.2. The van der Waals surface area contributed by atoms with Gasteiger partial charge in [0.05, 0.1) is 0 Å². The standard InChI is InChI=1S/C20H23N3O2/c1-14(24)23(2)18-10-6-9-17(12-18)22-20(25)21-13-16-11-19(16)15-7-4-3-5-8-15/h3-10,12,16,19H,11,13H2,1-2H3,(H2,21,22,25)/t16-,19+/m0/s1. The third-order valence-electron chi connectivity index (χ3n) is 4.64. The lowest BCUT2D eigenvalue weighted by Gasteiger charge is -2.16. The van der Waals surface area contributed by atoms with Crippen LogP contribution >= 0.6 is 0 Å². The van der Waals surface area contributed by atoms with Gasteiger partial charge in [0.2, 0.25) is 5.91 Å². The van der Waals surface area contributed by atoms with Gasteiger partial charge in [-0.1, -0.05) is 36.4 Å². The van der Waals surface area contributed by atoms with Crippen molar-refractivity contribution in [1.29, 1.82) is 0 Å². The van der Waals surface area contributed by atoms with Crippen LogP contribution in [0, 0.1) is 5.92 Å². The van der Waals surface area contributed by atoms with Gasteiger partial charge < -0.3 is 15.5 Å². The molecule has 2 atom stereocenters. The Morgan fingerprint density at radius 1 is 1.12 bits per heavy atom. The Morgan fingerprint density at radius 3 is 2.60 bits per heavy atom. The minimum atomic E-state index is -0.221. The van der Waals surface area contributed by atoms with Crippen LogP contribution in [-0.2, 0) is 4.79 Å². The molecule has 0 bridgehead atoms. The number of hydrogen-bond acceptors (Lipinski definition) is 2. The van der Waals surface area contributed by atoms with Crippen molar-refractivity contribution in [2.75, 3.05) is 23.8 Å². The second kappa shape index (κ2) is 7.38. The number of amides is 3. The van der Waals surface area contributed by atoms with E-state index in [1.54, 1.807) is 19.2 Å². The first-order valence-electron chi connectivity index (χ1n) is 8.49. The van der Waals surface area contributed by atoms with Gasteiger partial charge in [0, 0.05) is 31.9 Å². The predicted molar refractivity (Wildman–Crippen MR) is 99.8 cm³/mol. The van der Waals surface area contributed by atoms with E-state index in [9.17, 15) is 9.59 Å². The van der Waals surface area contributed by atoms with Crippen LogP contribution in [0.2, 0.25) is 0 Å². The van der Waals surface area contributed by atoms with Crippen LogP contribution in [0.4, 0.5) is 16.2 Å². The zero-order chi connectivity index (χ0) is 17.8. The van der Waals surface area contributed by atoms with Crippen molar-refractivity contribution in [3.05, 3.63) is 60.2 Å². The monoisotopic (exact) mass is 337 g/mol. The number of benzene rings is 2. The van der Waals surface area contributed by atoms with E-state index in [0.29, 0.717) is 24.1 Å². The molecule has 3 amide bonds. The van der Waals surface area contributed by atoms with Crippen LogP contribution in [0.5, 0.6) is 0 Å². The molecule has 0 heterocycles. The number of anilines is 2. The summed E-state index contributed by atoms with van der Waals surface area (Å²) in [6, 6.07) is 17.4. The molecule has 2 aromatic carbocycles. The summed E-state index contributed by atoms with van der Waals surface area (Å²) in [4.78, 5) is 25.1. The predicted octanol–water partition coefficient (Wildman–Crippen LogP) is 3.59. The largest absolute Gasteiger partial charge is 0.338 e. The number of carbonyl (C=O) groups excluding carboxylic acids is 2. The van der Waals surface area contributed by atoms with Crippen molar-refractivity contribution >= 4 is 23.3 Å². The summed E-state index contributed by atoms with van der Waals surface area (Å²) in [6.07, 6.45) is 1.11. The quantitative estimate of drug-likeness (QED) is 0.876. The lowest BCUT2D eigenvalue weighted by molar-refractivity contribution is -0.116. The summed E-state index contributed by atoms with van der Waals surface area (Å²) in [6.45, 7) is 2.17. The minimum Gasteiger partial charge on any atom is -0.338 e. The highest BCUT2D eigenvalue weighted by Gasteiger charge is 2.37. The molecule has 0 aromatic heterocycles. The van der Waals surface area contributed by atoms with Crippen LogP contribution in [0.3, 0.4) is 0 Å². The molecule has 0 radical (unpaired) electrons. The summed E-state index contributed by atoms with van der Waals surface area (Å²) in [5.41, 5.74) is 2.75. The van der Waals surface area contributed by atoms with E-state index in [4.69, 9.17) is 0 Å². The minimum absolute atomic E-state index is 0.0534. The zero-order valence-corrected chi connectivity index (χ0v) is 14.5. The lowest BCUT2D eigenvalue weighted by Crippen LogP contribution is -2.30. The summed E-state index contributed by atoms with van der Waals surface area (Å²) in [5, 5.41) is 5.76. The Bertz CT molecular complexity index is 761. The van der Waals surface area contributed by atoms with Gasteiger partial charge in [-0.3, -0.25) is 4.79 Å². The Labute approximate surface area is 148 Å². The average molecular weight is 337 g/mol. The second-order valence-corrected chi connectivity index (χ2v) is 6.48. The maximum absolute atomic E-state index is 12.1. The van der Waals surface area contributed by atoms with E-state index in [-0.39, 0.29) is 11.9 Å². The first-order valence-corrected chi connectivity index (χ1v) is 8.49. The van der Waals surface area contributed by atoms with Crippen molar-refractivity contribution in [1.82, 2.24) is 5.32 Å². The van der Waals surface area contributed by atoms with Gasteiger partial charge in [-0.05, 0) is 42.0 Å². The van der Waals surface area contributed by atoms with E-state index in [0.717, 1.165) is 12.1 Å². The lowest BCUT2D eigenvalue weighted by atomic mass is 10.1. The normalized spacial score (nSPS) is 18.3. The highest BCUT2D eigenvalue weighted by Crippen LogP contribution is 2.46.